The Morgan fingerprint density at radius 3 is 2.88 bits per heavy atom. The van der Waals surface area contributed by atoms with Crippen LogP contribution in [0.2, 0.25) is 5.15 Å². The van der Waals surface area contributed by atoms with E-state index in [-0.39, 0.29) is 18.3 Å². The average molecular weight is 264 g/mol. The summed E-state index contributed by atoms with van der Waals surface area (Å²) < 4.78 is 0. The van der Waals surface area contributed by atoms with E-state index in [0.29, 0.717) is 17.3 Å². The molecule has 16 heavy (non-hydrogen) atoms. The maximum Gasteiger partial charge on any atom is 0.253 e. The maximum atomic E-state index is 11.8. The highest BCUT2D eigenvalue weighted by molar-refractivity contribution is 6.29. The summed E-state index contributed by atoms with van der Waals surface area (Å²) in [4.78, 5) is 17.3. The number of nitrogens with one attached hydrogen (secondary N) is 1. The van der Waals surface area contributed by atoms with Crippen LogP contribution in [0.15, 0.2) is 18.3 Å². The molecular formula is C10H15Cl2N3O. The van der Waals surface area contributed by atoms with Crippen molar-refractivity contribution in [2.45, 2.75) is 0 Å². The fraction of sp³-hybridized carbons (Fsp3) is 0.400. The number of likely N-dealkylation sites (N-methyl/N-ethyl adjacent to an activating group) is 2. The number of hydrogen-bond donors (Lipinski definition) is 1. The molecule has 4 nitrogen and oxygen atoms in total. The van der Waals surface area contributed by atoms with E-state index in [1.165, 1.54) is 6.20 Å². The van der Waals surface area contributed by atoms with Crippen molar-refractivity contribution in [2.75, 3.05) is 27.2 Å². The van der Waals surface area contributed by atoms with Crippen molar-refractivity contribution in [3.05, 3.63) is 29.0 Å². The first kappa shape index (κ1) is 15.2. The lowest BCUT2D eigenvalue weighted by Gasteiger charge is -2.16. The highest BCUT2D eigenvalue weighted by Gasteiger charge is 2.11. The van der Waals surface area contributed by atoms with Gasteiger partial charge in [-0.1, -0.05) is 11.6 Å². The first-order chi connectivity index (χ1) is 7.15. The van der Waals surface area contributed by atoms with Crippen LogP contribution in [0.1, 0.15) is 10.4 Å². The summed E-state index contributed by atoms with van der Waals surface area (Å²) in [6.45, 7) is 1.43. The van der Waals surface area contributed by atoms with Gasteiger partial charge < -0.3 is 10.2 Å². The molecule has 1 aromatic rings. The molecule has 0 aliphatic carbocycles. The van der Waals surface area contributed by atoms with E-state index in [9.17, 15) is 4.79 Å². The number of carbonyl (C=O) groups is 1. The smallest absolute Gasteiger partial charge is 0.253 e. The van der Waals surface area contributed by atoms with E-state index < -0.39 is 0 Å². The van der Waals surface area contributed by atoms with Crippen LogP contribution in [0.4, 0.5) is 0 Å². The van der Waals surface area contributed by atoms with Crippen molar-refractivity contribution < 1.29 is 4.79 Å². The topological polar surface area (TPSA) is 45.2 Å². The largest absolute Gasteiger partial charge is 0.340 e. The summed E-state index contributed by atoms with van der Waals surface area (Å²) in [5.41, 5.74) is 0.564. The molecule has 0 radical (unpaired) electrons. The van der Waals surface area contributed by atoms with Crippen molar-refractivity contribution in [3.63, 3.8) is 0 Å². The van der Waals surface area contributed by atoms with Gasteiger partial charge in [-0.05, 0) is 19.2 Å². The number of amides is 1. The second-order valence-electron chi connectivity index (χ2n) is 3.20. The van der Waals surface area contributed by atoms with Crippen LogP contribution >= 0.6 is 24.0 Å². The summed E-state index contributed by atoms with van der Waals surface area (Å²) >= 11 is 5.70. The number of nitrogens with zero attached hydrogens (tertiary/aromatic N) is 2. The highest BCUT2D eigenvalue weighted by Crippen LogP contribution is 2.08. The Bertz CT molecular complexity index is 347. The fourth-order valence-corrected chi connectivity index (χ4v) is 1.31. The molecule has 0 atom stereocenters. The number of rotatable bonds is 4. The summed E-state index contributed by atoms with van der Waals surface area (Å²) in [5.74, 6) is -0.0467. The molecule has 0 saturated carbocycles. The molecule has 1 aromatic heterocycles. The average Bonchev–Trinajstić information content (AvgIpc) is 2.24. The molecular weight excluding hydrogens is 249 g/mol. The molecule has 0 aliphatic rings. The predicted octanol–water partition coefficient (Wildman–Crippen LogP) is 1.45. The van der Waals surface area contributed by atoms with Crippen molar-refractivity contribution in [2.24, 2.45) is 0 Å². The molecule has 0 fully saturated rings. The Hall–Kier alpha value is -0.840. The minimum absolute atomic E-state index is 0. The predicted molar refractivity (Wildman–Crippen MR) is 67.4 cm³/mol. The molecule has 0 saturated heterocycles. The monoisotopic (exact) mass is 263 g/mol. The van der Waals surface area contributed by atoms with Crippen LogP contribution in [-0.4, -0.2) is 43.0 Å². The maximum absolute atomic E-state index is 11.8. The molecule has 1 rings (SSSR count). The third-order valence-electron chi connectivity index (χ3n) is 2.02. The standard InChI is InChI=1S/C10H14ClN3O.ClH/c1-12-5-6-14(2)10(15)8-3-4-13-9(11)7-8;/h3-4,7,12H,5-6H2,1-2H3;1H. The van der Waals surface area contributed by atoms with Gasteiger partial charge in [0.1, 0.15) is 5.15 Å². The Morgan fingerprint density at radius 2 is 2.31 bits per heavy atom. The molecule has 0 aromatic carbocycles. The minimum Gasteiger partial charge on any atom is -0.340 e. The van der Waals surface area contributed by atoms with Crippen molar-refractivity contribution in [1.29, 1.82) is 0 Å². The van der Waals surface area contributed by atoms with Gasteiger partial charge in [-0.3, -0.25) is 4.79 Å². The lowest BCUT2D eigenvalue weighted by Crippen LogP contribution is -2.32. The highest BCUT2D eigenvalue weighted by atomic mass is 35.5. The van der Waals surface area contributed by atoms with E-state index in [0.717, 1.165) is 6.54 Å². The fourth-order valence-electron chi connectivity index (χ4n) is 1.14. The Balaban J connectivity index is 0.00000225. The second-order valence-corrected chi connectivity index (χ2v) is 3.58. The zero-order chi connectivity index (χ0) is 11.3. The van der Waals surface area contributed by atoms with Gasteiger partial charge in [0.15, 0.2) is 0 Å². The lowest BCUT2D eigenvalue weighted by atomic mass is 10.2. The van der Waals surface area contributed by atoms with E-state index in [2.05, 4.69) is 10.3 Å². The molecule has 0 aliphatic heterocycles. The van der Waals surface area contributed by atoms with Crippen LogP contribution in [0.3, 0.4) is 0 Å². The number of aromatic nitrogens is 1. The van der Waals surface area contributed by atoms with Gasteiger partial charge in [0.05, 0.1) is 0 Å². The van der Waals surface area contributed by atoms with E-state index in [4.69, 9.17) is 11.6 Å². The number of hydrogen-bond acceptors (Lipinski definition) is 3. The molecule has 0 unspecified atom stereocenters. The first-order valence-corrected chi connectivity index (χ1v) is 5.04. The van der Waals surface area contributed by atoms with Crippen LogP contribution < -0.4 is 5.32 Å². The molecule has 0 spiro atoms. The van der Waals surface area contributed by atoms with Gasteiger partial charge in [-0.15, -0.1) is 12.4 Å². The van der Waals surface area contributed by atoms with Crippen LogP contribution in [0, 0.1) is 0 Å². The third-order valence-corrected chi connectivity index (χ3v) is 2.22. The summed E-state index contributed by atoms with van der Waals surface area (Å²) in [6, 6.07) is 3.23. The summed E-state index contributed by atoms with van der Waals surface area (Å²) in [7, 11) is 3.61. The van der Waals surface area contributed by atoms with Crippen LogP contribution in [0.5, 0.6) is 0 Å². The number of halogens is 2. The Morgan fingerprint density at radius 1 is 1.62 bits per heavy atom. The zero-order valence-corrected chi connectivity index (χ0v) is 10.8. The van der Waals surface area contributed by atoms with E-state index >= 15 is 0 Å². The number of carbonyl (C=O) groups excluding carboxylic acids is 1. The van der Waals surface area contributed by atoms with Crippen molar-refractivity contribution in [3.8, 4) is 0 Å². The second kappa shape index (κ2) is 7.44. The number of pyridine rings is 1. The molecule has 1 N–H and O–H groups in total. The SMILES string of the molecule is CNCCN(C)C(=O)c1ccnc(Cl)c1.Cl. The van der Waals surface area contributed by atoms with Crippen molar-refractivity contribution >= 4 is 29.9 Å². The molecule has 90 valence electrons. The summed E-state index contributed by atoms with van der Waals surface area (Å²) in [6.07, 6.45) is 1.53. The van der Waals surface area contributed by atoms with Crippen LogP contribution in [0.25, 0.3) is 0 Å². The molecule has 1 amide bonds. The first-order valence-electron chi connectivity index (χ1n) is 4.66. The van der Waals surface area contributed by atoms with Gasteiger partial charge in [-0.25, -0.2) is 4.98 Å². The lowest BCUT2D eigenvalue weighted by molar-refractivity contribution is 0.0796. The van der Waals surface area contributed by atoms with Gasteiger partial charge in [0, 0.05) is 31.9 Å². The Kier molecular flexibility index (Phi) is 7.05. The Labute approximate surface area is 106 Å². The van der Waals surface area contributed by atoms with E-state index in [1.54, 1.807) is 24.1 Å². The quantitative estimate of drug-likeness (QED) is 0.837. The zero-order valence-electron chi connectivity index (χ0n) is 9.24. The summed E-state index contributed by atoms with van der Waals surface area (Å²) in [5, 5.41) is 3.32. The normalized spacial score (nSPS) is 9.44. The van der Waals surface area contributed by atoms with Gasteiger partial charge >= 0.3 is 0 Å². The molecule has 0 bridgehead atoms. The van der Waals surface area contributed by atoms with Gasteiger partial charge in [-0.2, -0.15) is 0 Å². The molecule has 6 heteroatoms. The third kappa shape index (κ3) is 4.35. The molecule has 1 heterocycles. The van der Waals surface area contributed by atoms with Crippen molar-refractivity contribution in [1.82, 2.24) is 15.2 Å². The van der Waals surface area contributed by atoms with Gasteiger partial charge in [0.25, 0.3) is 5.91 Å². The van der Waals surface area contributed by atoms with Crippen LogP contribution in [-0.2, 0) is 0 Å². The minimum atomic E-state index is -0.0467. The van der Waals surface area contributed by atoms with E-state index in [1.807, 2.05) is 7.05 Å². The van der Waals surface area contributed by atoms with Gasteiger partial charge in [0.2, 0.25) is 0 Å².